The van der Waals surface area contributed by atoms with Gasteiger partial charge < -0.3 is 20.7 Å². The summed E-state index contributed by atoms with van der Waals surface area (Å²) in [6.07, 6.45) is 1.52. The Labute approximate surface area is 114 Å². The summed E-state index contributed by atoms with van der Waals surface area (Å²) in [5.41, 5.74) is 0.791. The van der Waals surface area contributed by atoms with Crippen molar-refractivity contribution < 1.29 is 14.7 Å². The van der Waals surface area contributed by atoms with Crippen molar-refractivity contribution in [2.75, 3.05) is 5.32 Å². The molecule has 2 heterocycles. The Bertz CT molecular complexity index is 644. The summed E-state index contributed by atoms with van der Waals surface area (Å²) in [5.74, 6) is -0.675. The quantitative estimate of drug-likeness (QED) is 0.647. The van der Waals surface area contributed by atoms with Crippen molar-refractivity contribution in [3.05, 3.63) is 29.6 Å². The van der Waals surface area contributed by atoms with Gasteiger partial charge in [-0.3, -0.25) is 4.68 Å². The maximum absolute atomic E-state index is 11.7. The number of anilines is 1. The van der Waals surface area contributed by atoms with Crippen LogP contribution in [0.5, 0.6) is 0 Å². The molecule has 9 heteroatoms. The number of carboxylic acid groups (broad SMARTS) is 1. The molecule has 2 aromatic heterocycles. The van der Waals surface area contributed by atoms with Gasteiger partial charge in [0.25, 0.3) is 0 Å². The molecule has 0 bridgehead atoms. The van der Waals surface area contributed by atoms with Gasteiger partial charge in [0.15, 0.2) is 5.82 Å². The zero-order chi connectivity index (χ0) is 14.7. The SMILES string of the molecule is Cc1cc(NC(=O)NCc2ncn(C)n2)c(C(=O)O)[nH]1. The largest absolute Gasteiger partial charge is 0.477 e. The molecule has 0 unspecified atom stereocenters. The zero-order valence-corrected chi connectivity index (χ0v) is 11.0. The Morgan fingerprint density at radius 1 is 1.50 bits per heavy atom. The lowest BCUT2D eigenvalue weighted by atomic mass is 10.3. The third-order valence-electron chi connectivity index (χ3n) is 2.47. The number of nitrogens with zero attached hydrogens (tertiary/aromatic N) is 3. The molecule has 0 saturated heterocycles. The molecule has 0 fully saturated rings. The molecule has 106 valence electrons. The molecule has 20 heavy (non-hydrogen) atoms. The lowest BCUT2D eigenvalue weighted by Crippen LogP contribution is -2.29. The predicted molar refractivity (Wildman–Crippen MR) is 69.4 cm³/mol. The minimum absolute atomic E-state index is 0.0615. The van der Waals surface area contributed by atoms with Gasteiger partial charge in [-0.1, -0.05) is 0 Å². The molecular weight excluding hydrogens is 264 g/mol. The van der Waals surface area contributed by atoms with E-state index in [1.807, 2.05) is 0 Å². The van der Waals surface area contributed by atoms with Crippen LogP contribution in [-0.4, -0.2) is 36.9 Å². The predicted octanol–water partition coefficient (Wildman–Crippen LogP) is 0.472. The van der Waals surface area contributed by atoms with Crippen LogP contribution in [0.1, 0.15) is 22.0 Å². The van der Waals surface area contributed by atoms with Crippen LogP contribution in [-0.2, 0) is 13.6 Å². The number of carbonyl (C=O) groups is 2. The van der Waals surface area contributed by atoms with Gasteiger partial charge in [-0.05, 0) is 13.0 Å². The Hall–Kier alpha value is -2.84. The summed E-state index contributed by atoms with van der Waals surface area (Å²) in [5, 5.41) is 18.0. The summed E-state index contributed by atoms with van der Waals surface area (Å²) in [6, 6.07) is 1.01. The van der Waals surface area contributed by atoms with Crippen molar-refractivity contribution >= 4 is 17.7 Å². The van der Waals surface area contributed by atoms with Crippen molar-refractivity contribution in [2.24, 2.45) is 7.05 Å². The first kappa shape index (κ1) is 13.6. The highest BCUT2D eigenvalue weighted by Crippen LogP contribution is 2.16. The minimum atomic E-state index is -1.14. The van der Waals surface area contributed by atoms with Crippen molar-refractivity contribution in [3.8, 4) is 0 Å². The second kappa shape index (κ2) is 5.43. The number of H-pyrrole nitrogens is 1. The summed E-state index contributed by atoms with van der Waals surface area (Å²) < 4.78 is 1.52. The maximum atomic E-state index is 11.7. The zero-order valence-electron chi connectivity index (χ0n) is 11.0. The van der Waals surface area contributed by atoms with Crippen molar-refractivity contribution in [3.63, 3.8) is 0 Å². The number of aryl methyl sites for hydroxylation is 2. The summed E-state index contributed by atoms with van der Waals surface area (Å²) in [6.45, 7) is 1.85. The van der Waals surface area contributed by atoms with Crippen LogP contribution in [0.3, 0.4) is 0 Å². The van der Waals surface area contributed by atoms with Gasteiger partial charge in [0, 0.05) is 12.7 Å². The molecule has 2 amide bonds. The van der Waals surface area contributed by atoms with E-state index >= 15 is 0 Å². The van der Waals surface area contributed by atoms with Gasteiger partial charge in [0.2, 0.25) is 0 Å². The van der Waals surface area contributed by atoms with Crippen molar-refractivity contribution in [1.29, 1.82) is 0 Å². The topological polar surface area (TPSA) is 125 Å². The van der Waals surface area contributed by atoms with Crippen LogP contribution < -0.4 is 10.6 Å². The molecule has 2 rings (SSSR count). The summed E-state index contributed by atoms with van der Waals surface area (Å²) in [7, 11) is 1.72. The molecule has 0 aliphatic carbocycles. The van der Waals surface area contributed by atoms with Crippen molar-refractivity contribution in [1.82, 2.24) is 25.1 Å². The smallest absolute Gasteiger partial charge is 0.354 e. The molecule has 2 aromatic rings. The Morgan fingerprint density at radius 3 is 2.85 bits per heavy atom. The van der Waals surface area contributed by atoms with Gasteiger partial charge in [-0.15, -0.1) is 0 Å². The van der Waals surface area contributed by atoms with Crippen LogP contribution in [0.25, 0.3) is 0 Å². The lowest BCUT2D eigenvalue weighted by Gasteiger charge is -2.05. The molecule has 0 spiro atoms. The molecule has 0 aromatic carbocycles. The van der Waals surface area contributed by atoms with Crippen LogP contribution in [0, 0.1) is 6.92 Å². The molecule has 0 aliphatic heterocycles. The number of hydrogen-bond donors (Lipinski definition) is 4. The number of aromatic amines is 1. The molecule has 0 aliphatic rings. The number of aromatic carboxylic acids is 1. The van der Waals surface area contributed by atoms with Gasteiger partial charge in [-0.25, -0.2) is 14.6 Å². The Morgan fingerprint density at radius 2 is 2.25 bits per heavy atom. The molecule has 9 nitrogen and oxygen atoms in total. The average Bonchev–Trinajstić information content (AvgIpc) is 2.93. The van der Waals surface area contributed by atoms with E-state index in [1.54, 1.807) is 20.0 Å². The number of hydrogen-bond acceptors (Lipinski definition) is 4. The second-order valence-electron chi connectivity index (χ2n) is 4.19. The molecule has 0 atom stereocenters. The van der Waals surface area contributed by atoms with Gasteiger partial charge in [-0.2, -0.15) is 5.10 Å². The molecule has 0 saturated carbocycles. The van der Waals surface area contributed by atoms with Crippen LogP contribution in [0.4, 0.5) is 10.5 Å². The fourth-order valence-electron chi connectivity index (χ4n) is 1.65. The van der Waals surface area contributed by atoms with E-state index in [1.165, 1.54) is 11.0 Å². The number of amides is 2. The van der Waals surface area contributed by atoms with E-state index in [9.17, 15) is 9.59 Å². The number of carboxylic acids is 1. The lowest BCUT2D eigenvalue weighted by molar-refractivity contribution is 0.0692. The monoisotopic (exact) mass is 278 g/mol. The maximum Gasteiger partial charge on any atom is 0.354 e. The average molecular weight is 278 g/mol. The molecule has 4 N–H and O–H groups in total. The highest BCUT2D eigenvalue weighted by atomic mass is 16.4. The van der Waals surface area contributed by atoms with Crippen LogP contribution >= 0.6 is 0 Å². The third kappa shape index (κ3) is 3.13. The Kier molecular flexibility index (Phi) is 3.69. The van der Waals surface area contributed by atoms with Crippen LogP contribution in [0.2, 0.25) is 0 Å². The standard InChI is InChI=1S/C11H14N6O3/c1-6-3-7(9(14-6)10(18)19)15-11(20)12-4-8-13-5-17(2)16-8/h3,5,14H,4H2,1-2H3,(H,18,19)(H2,12,15,20). The number of urea groups is 1. The summed E-state index contributed by atoms with van der Waals surface area (Å²) in [4.78, 5) is 29.3. The molecule has 0 radical (unpaired) electrons. The first-order valence-corrected chi connectivity index (χ1v) is 5.78. The normalized spacial score (nSPS) is 10.3. The van der Waals surface area contributed by atoms with E-state index in [0.717, 1.165) is 0 Å². The highest BCUT2D eigenvalue weighted by molar-refractivity contribution is 5.99. The van der Waals surface area contributed by atoms with Gasteiger partial charge in [0.05, 0.1) is 12.2 Å². The number of nitrogens with one attached hydrogen (secondary N) is 3. The first-order valence-electron chi connectivity index (χ1n) is 5.78. The Balaban J connectivity index is 1.96. The van der Waals surface area contributed by atoms with E-state index < -0.39 is 12.0 Å². The fourth-order valence-corrected chi connectivity index (χ4v) is 1.65. The second-order valence-corrected chi connectivity index (χ2v) is 4.19. The molecular formula is C11H14N6O3. The van der Waals surface area contributed by atoms with Gasteiger partial charge in [0.1, 0.15) is 12.0 Å². The summed E-state index contributed by atoms with van der Waals surface area (Å²) >= 11 is 0. The van der Waals surface area contributed by atoms with Gasteiger partial charge >= 0.3 is 12.0 Å². The van der Waals surface area contributed by atoms with Crippen LogP contribution in [0.15, 0.2) is 12.4 Å². The van der Waals surface area contributed by atoms with Crippen molar-refractivity contribution in [2.45, 2.75) is 13.5 Å². The van der Waals surface area contributed by atoms with E-state index in [2.05, 4.69) is 25.7 Å². The number of carbonyl (C=O) groups excluding carboxylic acids is 1. The minimum Gasteiger partial charge on any atom is -0.477 e. The number of aromatic nitrogens is 4. The number of rotatable bonds is 4. The van der Waals surface area contributed by atoms with E-state index in [0.29, 0.717) is 11.5 Å². The fraction of sp³-hybridized carbons (Fsp3) is 0.273. The van der Waals surface area contributed by atoms with E-state index in [4.69, 9.17) is 5.11 Å². The van der Waals surface area contributed by atoms with E-state index in [-0.39, 0.29) is 17.9 Å². The third-order valence-corrected chi connectivity index (χ3v) is 2.47. The highest BCUT2D eigenvalue weighted by Gasteiger charge is 2.15. The first-order chi connectivity index (χ1) is 9.45.